The monoisotopic (exact) mass is 531 g/mol. The van der Waals surface area contributed by atoms with Gasteiger partial charge in [-0.3, -0.25) is 14.5 Å². The Morgan fingerprint density at radius 2 is 1.78 bits per heavy atom. The number of aliphatic hydroxyl groups is 1. The van der Waals surface area contributed by atoms with Gasteiger partial charge in [-0.05, 0) is 60.5 Å². The van der Waals surface area contributed by atoms with Gasteiger partial charge in [-0.25, -0.2) is 0 Å². The second-order valence-corrected chi connectivity index (χ2v) is 9.02. The van der Waals surface area contributed by atoms with E-state index in [4.69, 9.17) is 23.2 Å². The number of carbonyl (C=O) groups is 2. The fraction of sp³-hybridized carbons (Fsp3) is 0.0833. The van der Waals surface area contributed by atoms with Crippen molar-refractivity contribution in [3.63, 3.8) is 0 Å². The smallest absolute Gasteiger partial charge is 0.300 e. The third-order valence-corrected chi connectivity index (χ3v) is 6.68. The van der Waals surface area contributed by atoms with Crippen LogP contribution in [0.1, 0.15) is 22.7 Å². The normalized spacial score (nSPS) is 17.8. The molecule has 5 nitrogen and oxygen atoms in total. The summed E-state index contributed by atoms with van der Waals surface area (Å²) in [6, 6.07) is 15.1. The number of hydrogen-bond donors (Lipinski definition) is 2. The molecule has 0 radical (unpaired) electrons. The van der Waals surface area contributed by atoms with Crippen LogP contribution in [0.25, 0.3) is 5.76 Å². The average Bonchev–Trinajstić information content (AvgIpc) is 3.02. The standard InChI is InChI=1S/C24H16BrCl2NO4/c1-12-9-14(5-7-17(12)25)22(30)20-21(13-6-8-19(29)18(27)10-13)28(24(32)23(20)31)16-4-2-3-15(26)11-16/h2-11,21,29-30H,1H3/b22-20-. The predicted octanol–water partition coefficient (Wildman–Crippen LogP) is 6.40. The van der Waals surface area contributed by atoms with E-state index in [0.717, 1.165) is 10.0 Å². The molecule has 0 saturated carbocycles. The zero-order chi connectivity index (χ0) is 23.2. The molecule has 0 aromatic heterocycles. The molecule has 3 aromatic rings. The van der Waals surface area contributed by atoms with E-state index >= 15 is 0 Å². The van der Waals surface area contributed by atoms with Gasteiger partial charge in [0.05, 0.1) is 16.6 Å². The van der Waals surface area contributed by atoms with Crippen LogP contribution in [0.5, 0.6) is 5.75 Å². The quantitative estimate of drug-likeness (QED) is 0.232. The number of ketones is 1. The Morgan fingerprint density at radius 1 is 1.03 bits per heavy atom. The molecular weight excluding hydrogens is 517 g/mol. The van der Waals surface area contributed by atoms with Gasteiger partial charge in [-0.1, -0.05) is 57.3 Å². The number of anilines is 1. The Bertz CT molecular complexity index is 1300. The number of aliphatic hydroxyl groups excluding tert-OH is 1. The van der Waals surface area contributed by atoms with Gasteiger partial charge in [-0.15, -0.1) is 0 Å². The van der Waals surface area contributed by atoms with Crippen LogP contribution in [0, 0.1) is 6.92 Å². The van der Waals surface area contributed by atoms with Crippen LogP contribution >= 0.6 is 39.1 Å². The highest BCUT2D eigenvalue weighted by atomic mass is 79.9. The third-order valence-electron chi connectivity index (χ3n) is 5.25. The number of amides is 1. The molecular formula is C24H16BrCl2NO4. The summed E-state index contributed by atoms with van der Waals surface area (Å²) in [7, 11) is 0. The van der Waals surface area contributed by atoms with Gasteiger partial charge in [-0.2, -0.15) is 0 Å². The molecule has 1 saturated heterocycles. The van der Waals surface area contributed by atoms with Gasteiger partial charge in [0.1, 0.15) is 11.5 Å². The third kappa shape index (κ3) is 3.90. The SMILES string of the molecule is Cc1cc(/C(O)=C2/C(=O)C(=O)N(c3cccc(Cl)c3)C2c2ccc(O)c(Cl)c2)ccc1Br. The molecule has 1 atom stereocenters. The number of nitrogens with zero attached hydrogens (tertiary/aromatic N) is 1. The Hall–Kier alpha value is -2.80. The van der Waals surface area contributed by atoms with Gasteiger partial charge < -0.3 is 10.2 Å². The van der Waals surface area contributed by atoms with Crippen LogP contribution in [-0.2, 0) is 9.59 Å². The van der Waals surface area contributed by atoms with Crippen molar-refractivity contribution in [1.29, 1.82) is 0 Å². The van der Waals surface area contributed by atoms with Crippen LogP contribution < -0.4 is 4.90 Å². The van der Waals surface area contributed by atoms with E-state index in [-0.39, 0.29) is 22.1 Å². The first-order valence-corrected chi connectivity index (χ1v) is 11.1. The lowest BCUT2D eigenvalue weighted by atomic mass is 9.94. The highest BCUT2D eigenvalue weighted by Gasteiger charge is 2.47. The summed E-state index contributed by atoms with van der Waals surface area (Å²) in [4.78, 5) is 27.5. The molecule has 2 N–H and O–H groups in total. The van der Waals surface area contributed by atoms with Crippen molar-refractivity contribution in [3.8, 4) is 5.75 Å². The minimum Gasteiger partial charge on any atom is -0.507 e. The summed E-state index contributed by atoms with van der Waals surface area (Å²) in [5.41, 5.74) is 1.99. The number of aryl methyl sites for hydroxylation is 1. The predicted molar refractivity (Wildman–Crippen MR) is 128 cm³/mol. The summed E-state index contributed by atoms with van der Waals surface area (Å²) in [5.74, 6) is -2.09. The lowest BCUT2D eigenvalue weighted by Gasteiger charge is -2.26. The minimum atomic E-state index is -0.976. The molecule has 162 valence electrons. The van der Waals surface area contributed by atoms with E-state index < -0.39 is 17.7 Å². The topological polar surface area (TPSA) is 77.8 Å². The van der Waals surface area contributed by atoms with Crippen molar-refractivity contribution in [2.45, 2.75) is 13.0 Å². The number of benzene rings is 3. The lowest BCUT2D eigenvalue weighted by Crippen LogP contribution is -2.29. The molecule has 32 heavy (non-hydrogen) atoms. The lowest BCUT2D eigenvalue weighted by molar-refractivity contribution is -0.132. The number of Topliss-reactive ketones (excluding diaryl/α,β-unsaturated/α-hetero) is 1. The number of rotatable bonds is 3. The summed E-state index contributed by atoms with van der Waals surface area (Å²) in [6.45, 7) is 1.85. The van der Waals surface area contributed by atoms with Crippen molar-refractivity contribution in [2.24, 2.45) is 0 Å². The van der Waals surface area contributed by atoms with E-state index in [1.807, 2.05) is 6.92 Å². The van der Waals surface area contributed by atoms with Crippen molar-refractivity contribution in [3.05, 3.63) is 97.4 Å². The molecule has 1 aliphatic rings. The molecule has 3 aromatic carbocycles. The fourth-order valence-corrected chi connectivity index (χ4v) is 4.30. The van der Waals surface area contributed by atoms with Crippen LogP contribution in [0.4, 0.5) is 5.69 Å². The maximum absolute atomic E-state index is 13.1. The molecule has 1 heterocycles. The van der Waals surface area contributed by atoms with E-state index in [0.29, 0.717) is 21.8 Å². The molecule has 4 rings (SSSR count). The maximum atomic E-state index is 13.1. The maximum Gasteiger partial charge on any atom is 0.300 e. The molecule has 1 aliphatic heterocycles. The number of phenolic OH excluding ortho intramolecular Hbond substituents is 1. The Balaban J connectivity index is 1.98. The molecule has 0 spiro atoms. The van der Waals surface area contributed by atoms with Crippen LogP contribution in [0.2, 0.25) is 10.0 Å². The first kappa shape index (κ1) is 22.4. The number of carbonyl (C=O) groups excluding carboxylic acids is 2. The van der Waals surface area contributed by atoms with Crippen LogP contribution in [0.3, 0.4) is 0 Å². The molecule has 1 fully saturated rings. The molecule has 0 bridgehead atoms. The van der Waals surface area contributed by atoms with Crippen molar-refractivity contribution >= 4 is 62.3 Å². The van der Waals surface area contributed by atoms with E-state index in [1.165, 1.54) is 17.0 Å². The number of aromatic hydroxyl groups is 1. The van der Waals surface area contributed by atoms with Crippen molar-refractivity contribution < 1.29 is 19.8 Å². The summed E-state index contributed by atoms with van der Waals surface area (Å²) in [5, 5.41) is 21.5. The molecule has 1 unspecified atom stereocenters. The van der Waals surface area contributed by atoms with Gasteiger partial charge in [0.25, 0.3) is 11.7 Å². The summed E-state index contributed by atoms with van der Waals surface area (Å²) >= 11 is 15.7. The van der Waals surface area contributed by atoms with E-state index in [1.54, 1.807) is 48.5 Å². The largest absolute Gasteiger partial charge is 0.507 e. The Labute approximate surface area is 202 Å². The second-order valence-electron chi connectivity index (χ2n) is 7.32. The molecule has 0 aliphatic carbocycles. The Morgan fingerprint density at radius 3 is 2.44 bits per heavy atom. The highest BCUT2D eigenvalue weighted by Crippen LogP contribution is 2.44. The van der Waals surface area contributed by atoms with Gasteiger partial charge in [0, 0.05) is 20.7 Å². The summed E-state index contributed by atoms with van der Waals surface area (Å²) < 4.78 is 0.843. The van der Waals surface area contributed by atoms with Crippen LogP contribution in [-0.4, -0.2) is 21.9 Å². The average molecular weight is 533 g/mol. The number of halogens is 3. The van der Waals surface area contributed by atoms with Gasteiger partial charge in [0.2, 0.25) is 0 Å². The first-order valence-electron chi connectivity index (χ1n) is 9.50. The molecule has 8 heteroatoms. The molecule has 1 amide bonds. The van der Waals surface area contributed by atoms with Crippen LogP contribution in [0.15, 0.2) is 70.7 Å². The zero-order valence-electron chi connectivity index (χ0n) is 16.6. The van der Waals surface area contributed by atoms with E-state index in [2.05, 4.69) is 15.9 Å². The minimum absolute atomic E-state index is 0.0543. The van der Waals surface area contributed by atoms with E-state index in [9.17, 15) is 19.8 Å². The summed E-state index contributed by atoms with van der Waals surface area (Å²) in [6.07, 6.45) is 0. The first-order chi connectivity index (χ1) is 15.2. The van der Waals surface area contributed by atoms with Gasteiger partial charge >= 0.3 is 0 Å². The number of hydrogen-bond acceptors (Lipinski definition) is 4. The fourth-order valence-electron chi connectivity index (χ4n) is 3.68. The number of phenols is 1. The Kier molecular flexibility index (Phi) is 6.03. The van der Waals surface area contributed by atoms with Crippen molar-refractivity contribution in [1.82, 2.24) is 0 Å². The zero-order valence-corrected chi connectivity index (χ0v) is 19.7. The van der Waals surface area contributed by atoms with Gasteiger partial charge in [0.15, 0.2) is 0 Å². The highest BCUT2D eigenvalue weighted by molar-refractivity contribution is 9.10. The van der Waals surface area contributed by atoms with Crippen molar-refractivity contribution in [2.75, 3.05) is 4.90 Å². The second kappa shape index (κ2) is 8.62.